The Morgan fingerprint density at radius 1 is 1.47 bits per heavy atom. The van der Waals surface area contributed by atoms with E-state index in [2.05, 4.69) is 5.32 Å². The van der Waals surface area contributed by atoms with Crippen LogP contribution in [0.1, 0.15) is 18.6 Å². The van der Waals surface area contributed by atoms with Gasteiger partial charge in [0.2, 0.25) is 5.91 Å². The normalized spacial score (nSPS) is 12.2. The summed E-state index contributed by atoms with van der Waals surface area (Å²) < 4.78 is 0. The lowest BCUT2D eigenvalue weighted by Crippen LogP contribution is -2.25. The number of aliphatic hydroxyl groups excluding tert-OH is 1. The van der Waals surface area contributed by atoms with Crippen molar-refractivity contribution in [1.82, 2.24) is 5.32 Å². The lowest BCUT2D eigenvalue weighted by Gasteiger charge is -2.11. The maximum atomic E-state index is 10.7. The molecule has 0 aliphatic rings. The van der Waals surface area contributed by atoms with Crippen LogP contribution in [0.25, 0.3) is 0 Å². The second-order valence-corrected chi connectivity index (χ2v) is 4.11. The summed E-state index contributed by atoms with van der Waals surface area (Å²) in [4.78, 5) is 11.8. The summed E-state index contributed by atoms with van der Waals surface area (Å²) in [6, 6.07) is 7.66. The van der Waals surface area contributed by atoms with E-state index in [1.54, 1.807) is 11.8 Å². The summed E-state index contributed by atoms with van der Waals surface area (Å²) in [5.74, 6) is -0.130. The molecule has 1 rings (SSSR count). The molecule has 0 bridgehead atoms. The van der Waals surface area contributed by atoms with Gasteiger partial charge in [0.15, 0.2) is 0 Å². The van der Waals surface area contributed by atoms with E-state index in [4.69, 9.17) is 0 Å². The van der Waals surface area contributed by atoms with Crippen LogP contribution < -0.4 is 5.32 Å². The van der Waals surface area contributed by atoms with E-state index in [1.807, 2.05) is 30.5 Å². The molecular weight excluding hydrogens is 210 g/mol. The Morgan fingerprint density at radius 2 is 2.07 bits per heavy atom. The number of hydrogen-bond donors (Lipinski definition) is 2. The minimum absolute atomic E-state index is 0.130. The highest BCUT2D eigenvalue weighted by Gasteiger charge is 2.07. The summed E-state index contributed by atoms with van der Waals surface area (Å²) in [6.07, 6.45) is 1.37. The molecule has 0 saturated carbocycles. The zero-order chi connectivity index (χ0) is 11.3. The van der Waals surface area contributed by atoms with Crippen LogP contribution in [-0.4, -0.2) is 23.8 Å². The Morgan fingerprint density at radius 3 is 2.53 bits per heavy atom. The highest BCUT2D eigenvalue weighted by molar-refractivity contribution is 7.98. The predicted molar refractivity (Wildman–Crippen MR) is 61.9 cm³/mol. The fourth-order valence-electron chi connectivity index (χ4n) is 1.18. The molecule has 4 heteroatoms. The van der Waals surface area contributed by atoms with Crippen molar-refractivity contribution in [3.05, 3.63) is 29.8 Å². The number of carbonyl (C=O) groups is 1. The molecule has 1 unspecified atom stereocenters. The fourth-order valence-corrected chi connectivity index (χ4v) is 1.59. The number of hydrogen-bond acceptors (Lipinski definition) is 3. The van der Waals surface area contributed by atoms with Gasteiger partial charge >= 0.3 is 0 Å². The van der Waals surface area contributed by atoms with Gasteiger partial charge < -0.3 is 10.4 Å². The SMILES string of the molecule is CSc1ccc(C(O)CNC(C)=O)cc1. The van der Waals surface area contributed by atoms with Gasteiger partial charge in [-0.1, -0.05) is 12.1 Å². The zero-order valence-electron chi connectivity index (χ0n) is 8.86. The Bertz CT molecular complexity index is 324. The molecule has 82 valence electrons. The van der Waals surface area contributed by atoms with Crippen LogP contribution in [-0.2, 0) is 4.79 Å². The zero-order valence-corrected chi connectivity index (χ0v) is 9.67. The average molecular weight is 225 g/mol. The van der Waals surface area contributed by atoms with E-state index in [1.165, 1.54) is 6.92 Å². The molecule has 15 heavy (non-hydrogen) atoms. The van der Waals surface area contributed by atoms with Gasteiger partial charge in [0.1, 0.15) is 0 Å². The molecule has 3 nitrogen and oxygen atoms in total. The number of thioether (sulfide) groups is 1. The molecule has 0 fully saturated rings. The van der Waals surface area contributed by atoms with Gasteiger partial charge in [0.25, 0.3) is 0 Å². The van der Waals surface area contributed by atoms with Crippen LogP contribution in [0, 0.1) is 0 Å². The molecule has 1 aromatic rings. The van der Waals surface area contributed by atoms with Crippen LogP contribution >= 0.6 is 11.8 Å². The van der Waals surface area contributed by atoms with Crippen molar-refractivity contribution >= 4 is 17.7 Å². The number of carbonyl (C=O) groups excluding carboxylic acids is 1. The fraction of sp³-hybridized carbons (Fsp3) is 0.364. The quantitative estimate of drug-likeness (QED) is 0.765. The first-order chi connectivity index (χ1) is 7.13. The third kappa shape index (κ3) is 3.93. The van der Waals surface area contributed by atoms with Gasteiger partial charge in [-0.3, -0.25) is 4.79 Å². The van der Waals surface area contributed by atoms with Crippen molar-refractivity contribution in [3.8, 4) is 0 Å². The molecule has 1 aromatic carbocycles. The maximum absolute atomic E-state index is 10.7. The van der Waals surface area contributed by atoms with E-state index in [0.29, 0.717) is 0 Å². The predicted octanol–water partition coefficient (Wildman–Crippen LogP) is 1.58. The van der Waals surface area contributed by atoms with Gasteiger partial charge in [0.05, 0.1) is 6.10 Å². The lowest BCUT2D eigenvalue weighted by atomic mass is 10.1. The summed E-state index contributed by atoms with van der Waals surface area (Å²) in [5, 5.41) is 12.3. The van der Waals surface area contributed by atoms with Gasteiger partial charge in [-0.2, -0.15) is 0 Å². The Labute approximate surface area is 93.9 Å². The summed E-state index contributed by atoms with van der Waals surface area (Å²) in [7, 11) is 0. The van der Waals surface area contributed by atoms with Crippen LogP contribution in [0.15, 0.2) is 29.2 Å². The van der Waals surface area contributed by atoms with Crippen LogP contribution in [0.4, 0.5) is 0 Å². The topological polar surface area (TPSA) is 49.3 Å². The van der Waals surface area contributed by atoms with Gasteiger partial charge in [0, 0.05) is 18.4 Å². The van der Waals surface area contributed by atoms with Crippen molar-refractivity contribution in [2.45, 2.75) is 17.9 Å². The van der Waals surface area contributed by atoms with Crippen LogP contribution in [0.5, 0.6) is 0 Å². The summed E-state index contributed by atoms with van der Waals surface area (Å²) in [5.41, 5.74) is 0.821. The van der Waals surface area contributed by atoms with Crippen LogP contribution in [0.2, 0.25) is 0 Å². The van der Waals surface area contributed by atoms with Gasteiger partial charge in [-0.25, -0.2) is 0 Å². The van der Waals surface area contributed by atoms with E-state index in [0.717, 1.165) is 10.5 Å². The Hall–Kier alpha value is -1.00. The number of amides is 1. The van der Waals surface area contributed by atoms with Crippen LogP contribution in [0.3, 0.4) is 0 Å². The molecule has 0 radical (unpaired) electrons. The first kappa shape index (κ1) is 12.1. The van der Waals surface area contributed by atoms with Crippen molar-refractivity contribution < 1.29 is 9.90 Å². The number of nitrogens with one attached hydrogen (secondary N) is 1. The molecule has 0 spiro atoms. The Balaban J connectivity index is 2.57. The highest BCUT2D eigenvalue weighted by atomic mass is 32.2. The summed E-state index contributed by atoms with van der Waals surface area (Å²) in [6.45, 7) is 1.69. The average Bonchev–Trinajstić information content (AvgIpc) is 2.26. The second-order valence-electron chi connectivity index (χ2n) is 3.23. The Kier molecular flexibility index (Phi) is 4.65. The maximum Gasteiger partial charge on any atom is 0.216 e. The molecule has 1 amide bonds. The number of rotatable bonds is 4. The molecule has 0 saturated heterocycles. The largest absolute Gasteiger partial charge is 0.387 e. The summed E-state index contributed by atoms with van der Waals surface area (Å²) >= 11 is 1.66. The first-order valence-electron chi connectivity index (χ1n) is 4.70. The van der Waals surface area contributed by atoms with Crippen molar-refractivity contribution in [2.24, 2.45) is 0 Å². The van der Waals surface area contributed by atoms with E-state index >= 15 is 0 Å². The standard InChI is InChI=1S/C11H15NO2S/c1-8(13)12-7-11(14)9-3-5-10(15-2)6-4-9/h3-6,11,14H,7H2,1-2H3,(H,12,13). The minimum Gasteiger partial charge on any atom is -0.387 e. The number of benzene rings is 1. The molecule has 0 aliphatic heterocycles. The van der Waals surface area contributed by atoms with Gasteiger partial charge in [-0.15, -0.1) is 11.8 Å². The van der Waals surface area contributed by atoms with Crippen molar-refractivity contribution in [1.29, 1.82) is 0 Å². The lowest BCUT2D eigenvalue weighted by molar-refractivity contribution is -0.119. The minimum atomic E-state index is -0.634. The molecule has 0 aliphatic carbocycles. The molecule has 1 atom stereocenters. The van der Waals surface area contributed by atoms with E-state index < -0.39 is 6.10 Å². The van der Waals surface area contributed by atoms with Crippen molar-refractivity contribution in [3.63, 3.8) is 0 Å². The van der Waals surface area contributed by atoms with Gasteiger partial charge in [-0.05, 0) is 24.0 Å². The molecule has 0 heterocycles. The van der Waals surface area contributed by atoms with E-state index in [-0.39, 0.29) is 12.5 Å². The van der Waals surface area contributed by atoms with E-state index in [9.17, 15) is 9.90 Å². The molecule has 0 aromatic heterocycles. The third-order valence-corrected chi connectivity index (χ3v) is 2.79. The first-order valence-corrected chi connectivity index (χ1v) is 5.92. The monoisotopic (exact) mass is 225 g/mol. The molecular formula is C11H15NO2S. The van der Waals surface area contributed by atoms with Crippen molar-refractivity contribution in [2.75, 3.05) is 12.8 Å². The third-order valence-electron chi connectivity index (χ3n) is 2.04. The second kappa shape index (κ2) is 5.78. The highest BCUT2D eigenvalue weighted by Crippen LogP contribution is 2.18. The smallest absolute Gasteiger partial charge is 0.216 e. The number of aliphatic hydroxyl groups is 1. The molecule has 2 N–H and O–H groups in total.